The largest absolute Gasteiger partial charge is 0.350 e. The molecule has 0 amide bonds. The number of ketones is 1. The van der Waals surface area contributed by atoms with Crippen LogP contribution in [-0.2, 0) is 0 Å². The Morgan fingerprint density at radius 1 is 0.913 bits per heavy atom. The molecule has 0 fully saturated rings. The maximum absolute atomic E-state index is 12.3. The molecular weight excluding hydrogens is 302 g/mol. The van der Waals surface area contributed by atoms with Crippen LogP contribution in [0.1, 0.15) is 10.4 Å². The van der Waals surface area contributed by atoms with Gasteiger partial charge >= 0.3 is 0 Å². The molecule has 0 aliphatic carbocycles. The molecule has 3 rings (SSSR count). The van der Waals surface area contributed by atoms with E-state index in [1.165, 1.54) is 17.1 Å². The molecule has 0 aromatic heterocycles. The van der Waals surface area contributed by atoms with Gasteiger partial charge in [-0.05, 0) is 17.7 Å². The van der Waals surface area contributed by atoms with Gasteiger partial charge in [0.25, 0.3) is 0 Å². The molecule has 0 aliphatic rings. The van der Waals surface area contributed by atoms with Gasteiger partial charge in [0.15, 0.2) is 5.78 Å². The molecule has 0 spiro atoms. The maximum atomic E-state index is 12.3. The fourth-order valence-electron chi connectivity index (χ4n) is 2.42. The average Bonchev–Trinajstić information content (AvgIpc) is 2.62. The summed E-state index contributed by atoms with van der Waals surface area (Å²) in [6, 6.07) is 23.6. The van der Waals surface area contributed by atoms with E-state index in [1.54, 1.807) is 6.08 Å². The number of allylic oxidation sites excluding steroid dienone is 1. The monoisotopic (exact) mass is 319 g/mol. The van der Waals surface area contributed by atoms with Gasteiger partial charge in [0.2, 0.25) is 0 Å². The van der Waals surface area contributed by atoms with Crippen molar-refractivity contribution in [2.75, 3.05) is 11.6 Å². The summed E-state index contributed by atoms with van der Waals surface area (Å²) in [4.78, 5) is 12.3. The topological polar surface area (TPSA) is 29.1 Å². The number of hydrogen-bond acceptors (Lipinski definition) is 3. The van der Waals surface area contributed by atoms with Crippen LogP contribution >= 0.6 is 11.8 Å². The number of thioether (sulfide) groups is 1. The van der Waals surface area contributed by atoms with E-state index in [2.05, 4.69) is 23.5 Å². The minimum Gasteiger partial charge on any atom is -0.350 e. The summed E-state index contributed by atoms with van der Waals surface area (Å²) in [7, 11) is 0. The summed E-state index contributed by atoms with van der Waals surface area (Å²) in [5, 5.41) is 6.52. The molecule has 0 aliphatic heterocycles. The molecule has 0 unspecified atom stereocenters. The lowest BCUT2D eigenvalue weighted by molar-refractivity contribution is 0.104. The van der Waals surface area contributed by atoms with E-state index >= 15 is 0 Å². The molecule has 0 saturated heterocycles. The maximum Gasteiger partial charge on any atom is 0.188 e. The summed E-state index contributed by atoms with van der Waals surface area (Å²) in [5.41, 5.74) is 1.70. The van der Waals surface area contributed by atoms with Crippen LogP contribution < -0.4 is 5.32 Å². The van der Waals surface area contributed by atoms with E-state index < -0.39 is 0 Å². The highest BCUT2D eigenvalue weighted by molar-refractivity contribution is 8.02. The van der Waals surface area contributed by atoms with Crippen molar-refractivity contribution in [3.05, 3.63) is 89.5 Å². The highest BCUT2D eigenvalue weighted by Gasteiger charge is 2.06. The quantitative estimate of drug-likeness (QED) is 0.508. The van der Waals surface area contributed by atoms with Gasteiger partial charge in [-0.3, -0.25) is 4.79 Å². The molecule has 2 nitrogen and oxygen atoms in total. The lowest BCUT2D eigenvalue weighted by atomic mass is 10.1. The molecule has 3 heteroatoms. The van der Waals surface area contributed by atoms with E-state index in [1.807, 2.05) is 60.9 Å². The van der Waals surface area contributed by atoms with Gasteiger partial charge in [0.05, 0.1) is 5.03 Å². The predicted octanol–water partition coefficient (Wildman–Crippen LogP) is 5.34. The number of carbonyl (C=O) groups excluding carboxylic acids is 1. The predicted molar refractivity (Wildman–Crippen MR) is 99.9 cm³/mol. The van der Waals surface area contributed by atoms with E-state index in [9.17, 15) is 4.79 Å². The Bertz CT molecular complexity index is 850. The highest BCUT2D eigenvalue weighted by Crippen LogP contribution is 2.26. The third kappa shape index (κ3) is 3.63. The van der Waals surface area contributed by atoms with Gasteiger partial charge in [0.1, 0.15) is 0 Å². The Morgan fingerprint density at radius 2 is 1.61 bits per heavy atom. The number of benzene rings is 3. The standard InChI is InChI=1S/C20H17NOS/c1-23-20(14-19(22)16-9-3-2-4-10-16)21-18-13-7-11-15-8-5-6-12-17(15)18/h2-14,21H,1H3/b20-14-. The Labute approximate surface area is 140 Å². The first kappa shape index (κ1) is 15.4. The lowest BCUT2D eigenvalue weighted by Crippen LogP contribution is -2.01. The van der Waals surface area contributed by atoms with Crippen LogP contribution in [0.4, 0.5) is 5.69 Å². The molecule has 0 saturated carbocycles. The fourth-order valence-corrected chi connectivity index (χ4v) is 2.85. The normalized spacial score (nSPS) is 11.4. The second-order valence-corrected chi connectivity index (χ2v) is 5.94. The number of nitrogens with one attached hydrogen (secondary N) is 1. The number of rotatable bonds is 5. The summed E-state index contributed by atoms with van der Waals surface area (Å²) in [6.07, 6.45) is 3.62. The summed E-state index contributed by atoms with van der Waals surface area (Å²) < 4.78 is 0. The summed E-state index contributed by atoms with van der Waals surface area (Å²) in [5.74, 6) is 0.00249. The zero-order valence-electron chi connectivity index (χ0n) is 12.8. The van der Waals surface area contributed by atoms with E-state index in [0.29, 0.717) is 5.56 Å². The Balaban J connectivity index is 1.90. The Morgan fingerprint density at radius 3 is 2.39 bits per heavy atom. The van der Waals surface area contributed by atoms with Gasteiger partial charge in [-0.1, -0.05) is 66.7 Å². The van der Waals surface area contributed by atoms with Crippen molar-refractivity contribution < 1.29 is 4.79 Å². The van der Waals surface area contributed by atoms with Crippen LogP contribution in [0.5, 0.6) is 0 Å². The zero-order valence-corrected chi connectivity index (χ0v) is 13.6. The second kappa shape index (κ2) is 7.16. The van der Waals surface area contributed by atoms with E-state index in [0.717, 1.165) is 16.1 Å². The van der Waals surface area contributed by atoms with Crippen molar-refractivity contribution in [1.29, 1.82) is 0 Å². The molecule has 1 N–H and O–H groups in total. The van der Waals surface area contributed by atoms with Crippen LogP contribution in [0, 0.1) is 0 Å². The molecule has 0 atom stereocenters. The number of carbonyl (C=O) groups is 1. The van der Waals surface area contributed by atoms with Crippen LogP contribution in [0.15, 0.2) is 83.9 Å². The first-order valence-electron chi connectivity index (χ1n) is 7.38. The molecule has 114 valence electrons. The van der Waals surface area contributed by atoms with E-state index in [4.69, 9.17) is 0 Å². The van der Waals surface area contributed by atoms with Gasteiger partial charge in [0, 0.05) is 22.7 Å². The Kier molecular flexibility index (Phi) is 4.79. The van der Waals surface area contributed by atoms with Crippen LogP contribution in [-0.4, -0.2) is 12.0 Å². The van der Waals surface area contributed by atoms with Crippen molar-refractivity contribution in [2.45, 2.75) is 0 Å². The van der Waals surface area contributed by atoms with Crippen molar-refractivity contribution in [3.63, 3.8) is 0 Å². The highest BCUT2D eigenvalue weighted by atomic mass is 32.2. The van der Waals surface area contributed by atoms with Crippen molar-refractivity contribution in [1.82, 2.24) is 0 Å². The van der Waals surface area contributed by atoms with Gasteiger partial charge in [-0.15, -0.1) is 11.8 Å². The second-order valence-electron chi connectivity index (χ2n) is 5.09. The molecule has 0 heterocycles. The van der Waals surface area contributed by atoms with Crippen LogP contribution in [0.3, 0.4) is 0 Å². The lowest BCUT2D eigenvalue weighted by Gasteiger charge is -2.11. The van der Waals surface area contributed by atoms with Crippen LogP contribution in [0.2, 0.25) is 0 Å². The number of fused-ring (bicyclic) bond motifs is 1. The average molecular weight is 319 g/mol. The smallest absolute Gasteiger partial charge is 0.188 e. The van der Waals surface area contributed by atoms with Gasteiger partial charge in [-0.25, -0.2) is 0 Å². The minimum atomic E-state index is 0.00249. The number of hydrogen-bond donors (Lipinski definition) is 1. The summed E-state index contributed by atoms with van der Waals surface area (Å²) >= 11 is 1.53. The summed E-state index contributed by atoms with van der Waals surface area (Å²) in [6.45, 7) is 0. The van der Waals surface area contributed by atoms with Crippen molar-refractivity contribution in [2.24, 2.45) is 0 Å². The first-order valence-corrected chi connectivity index (χ1v) is 8.60. The van der Waals surface area contributed by atoms with Crippen molar-refractivity contribution in [3.8, 4) is 0 Å². The van der Waals surface area contributed by atoms with Crippen LogP contribution in [0.25, 0.3) is 10.8 Å². The third-order valence-electron chi connectivity index (χ3n) is 3.59. The van der Waals surface area contributed by atoms with Gasteiger partial charge in [-0.2, -0.15) is 0 Å². The molecule has 0 bridgehead atoms. The minimum absolute atomic E-state index is 0.00249. The SMILES string of the molecule is CS/C(=C\C(=O)c1ccccc1)Nc1cccc2ccccc12. The molecule has 0 radical (unpaired) electrons. The first-order chi connectivity index (χ1) is 11.3. The number of anilines is 1. The molecular formula is C20H17NOS. The molecule has 23 heavy (non-hydrogen) atoms. The molecule has 3 aromatic carbocycles. The van der Waals surface area contributed by atoms with Gasteiger partial charge < -0.3 is 5.32 Å². The fraction of sp³-hybridized carbons (Fsp3) is 0.0500. The molecule has 3 aromatic rings. The van der Waals surface area contributed by atoms with Crippen molar-refractivity contribution >= 4 is 34.0 Å². The zero-order chi connectivity index (χ0) is 16.1. The third-order valence-corrected chi connectivity index (χ3v) is 4.25. The van der Waals surface area contributed by atoms with E-state index in [-0.39, 0.29) is 5.78 Å². The Hall–Kier alpha value is -2.52.